The topological polar surface area (TPSA) is 48.8 Å². The van der Waals surface area contributed by atoms with Gasteiger partial charge in [-0.2, -0.15) is 0 Å². The van der Waals surface area contributed by atoms with E-state index in [9.17, 15) is 0 Å². The minimum Gasteiger partial charge on any atom is -0.133 e. The van der Waals surface area contributed by atoms with Gasteiger partial charge in [-0.1, -0.05) is 19.6 Å². The zero-order valence-corrected chi connectivity index (χ0v) is 7.34. The SMILES string of the molecule is C[Si](C)(C)[Si]N=[N+]=[N-]. The van der Waals surface area contributed by atoms with Gasteiger partial charge in [-0.25, -0.2) is 0 Å². The van der Waals surface area contributed by atoms with Crippen molar-refractivity contribution in [3.05, 3.63) is 10.4 Å². The third-order valence-electron chi connectivity index (χ3n) is 0.430. The lowest BCUT2D eigenvalue weighted by Crippen LogP contribution is -2.27. The first-order valence-electron chi connectivity index (χ1n) is 2.37. The van der Waals surface area contributed by atoms with Gasteiger partial charge in [0.1, 0.15) is 9.20 Å². The van der Waals surface area contributed by atoms with Crippen molar-refractivity contribution in [1.29, 1.82) is 0 Å². The molecule has 8 heavy (non-hydrogen) atoms. The molecule has 0 aliphatic rings. The number of hydrogen-bond acceptors (Lipinski definition) is 1. The van der Waals surface area contributed by atoms with Crippen LogP contribution in [0.1, 0.15) is 0 Å². The van der Waals surface area contributed by atoms with Crippen LogP contribution in [0.5, 0.6) is 0 Å². The number of nitrogens with zero attached hydrogens (tertiary/aromatic N) is 3. The Morgan fingerprint density at radius 2 is 2.00 bits per heavy atom. The molecule has 0 saturated carbocycles. The third kappa shape index (κ3) is 5.74. The van der Waals surface area contributed by atoms with Gasteiger partial charge in [0.25, 0.3) is 0 Å². The minimum absolute atomic E-state index is 0.489. The lowest BCUT2D eigenvalue weighted by Gasteiger charge is -2.07. The molecule has 5 heteroatoms. The highest BCUT2D eigenvalue weighted by molar-refractivity contribution is 7.22. The van der Waals surface area contributed by atoms with Crippen LogP contribution < -0.4 is 0 Å². The summed E-state index contributed by atoms with van der Waals surface area (Å²) in [5.74, 6) is 0. The van der Waals surface area contributed by atoms with Gasteiger partial charge in [0.15, 0.2) is 0 Å². The zero-order chi connectivity index (χ0) is 6.62. The summed E-state index contributed by atoms with van der Waals surface area (Å²) in [4.78, 5) is 2.69. The quantitative estimate of drug-likeness (QED) is 0.245. The van der Waals surface area contributed by atoms with Crippen LogP contribution in [-0.4, -0.2) is 16.8 Å². The van der Waals surface area contributed by atoms with Crippen molar-refractivity contribution in [3.63, 3.8) is 0 Å². The molecule has 0 aromatic heterocycles. The maximum absolute atomic E-state index is 7.92. The highest BCUT2D eigenvalue weighted by atomic mass is 29.2. The Morgan fingerprint density at radius 1 is 1.50 bits per heavy atom. The Morgan fingerprint density at radius 3 is 2.12 bits per heavy atom. The lowest BCUT2D eigenvalue weighted by molar-refractivity contribution is 1.72. The highest BCUT2D eigenvalue weighted by Gasteiger charge is 2.11. The predicted molar refractivity (Wildman–Crippen MR) is 38.2 cm³/mol. The van der Waals surface area contributed by atoms with Crippen LogP contribution in [0.2, 0.25) is 19.6 Å². The van der Waals surface area contributed by atoms with Gasteiger partial charge in [0.2, 0.25) is 0 Å². The van der Waals surface area contributed by atoms with E-state index in [0.717, 1.165) is 0 Å². The van der Waals surface area contributed by atoms with E-state index in [-0.39, 0.29) is 0 Å². The van der Waals surface area contributed by atoms with Gasteiger partial charge >= 0.3 is 0 Å². The van der Waals surface area contributed by atoms with Crippen molar-refractivity contribution >= 4 is 16.8 Å². The fourth-order valence-corrected chi connectivity index (χ4v) is 1.55. The third-order valence-corrected chi connectivity index (χ3v) is 3.60. The maximum atomic E-state index is 7.92. The van der Waals surface area contributed by atoms with Crippen molar-refractivity contribution in [2.45, 2.75) is 19.6 Å². The number of hydrogen-bond donors (Lipinski definition) is 0. The second-order valence-corrected chi connectivity index (χ2v) is 12.6. The normalized spacial score (nSPS) is 10.4. The first kappa shape index (κ1) is 7.74. The van der Waals surface area contributed by atoms with Crippen LogP contribution in [0.3, 0.4) is 0 Å². The Balaban J connectivity index is 3.55. The van der Waals surface area contributed by atoms with Gasteiger partial charge in [-0.05, 0) is 10.4 Å². The van der Waals surface area contributed by atoms with Gasteiger partial charge < -0.3 is 0 Å². The van der Waals surface area contributed by atoms with E-state index in [2.05, 4.69) is 29.3 Å². The maximum Gasteiger partial charge on any atom is 0.140 e. The molecular formula is C3H9N3Si2. The predicted octanol–water partition coefficient (Wildman–Crippen LogP) is 1.75. The second kappa shape index (κ2) is 2.91. The van der Waals surface area contributed by atoms with Crippen molar-refractivity contribution in [2.24, 2.45) is 4.78 Å². The molecule has 0 heterocycles. The molecule has 0 aromatic rings. The summed E-state index contributed by atoms with van der Waals surface area (Å²) in [5.41, 5.74) is 7.92. The van der Waals surface area contributed by atoms with Gasteiger partial charge in [0, 0.05) is 7.59 Å². The molecule has 0 unspecified atom stereocenters. The van der Waals surface area contributed by atoms with E-state index < -0.39 is 7.59 Å². The molecule has 0 aliphatic heterocycles. The summed E-state index contributed by atoms with van der Waals surface area (Å²) in [6.45, 7) is 6.54. The van der Waals surface area contributed by atoms with Gasteiger partial charge in [0.05, 0.1) is 0 Å². The van der Waals surface area contributed by atoms with Crippen molar-refractivity contribution in [2.75, 3.05) is 0 Å². The molecule has 44 valence electrons. The largest absolute Gasteiger partial charge is 0.140 e. The Labute approximate surface area is 52.4 Å². The van der Waals surface area contributed by atoms with Crippen molar-refractivity contribution in [3.8, 4) is 0 Å². The molecule has 0 aromatic carbocycles. The summed E-state index contributed by atoms with van der Waals surface area (Å²) in [6.07, 6.45) is 0. The molecule has 3 nitrogen and oxygen atoms in total. The van der Waals surface area contributed by atoms with E-state index >= 15 is 0 Å². The minimum atomic E-state index is -1.07. The average Bonchev–Trinajstić information content (AvgIpc) is 1.59. The van der Waals surface area contributed by atoms with E-state index in [0.29, 0.717) is 9.20 Å². The van der Waals surface area contributed by atoms with E-state index in [4.69, 9.17) is 5.53 Å². The number of azide groups is 1. The first-order chi connectivity index (χ1) is 3.56. The Hall–Kier alpha value is -0.256. The standard InChI is InChI=1S/C3H9N3Si2/c1-8(2,3)7-6-5-4/h1-3H3. The van der Waals surface area contributed by atoms with E-state index in [1.54, 1.807) is 0 Å². The number of rotatable bonds is 2. The fourth-order valence-electron chi connectivity index (χ4n) is 0.172. The molecule has 0 rings (SSSR count). The lowest BCUT2D eigenvalue weighted by atomic mass is 11.8. The zero-order valence-electron chi connectivity index (χ0n) is 5.34. The summed E-state index contributed by atoms with van der Waals surface area (Å²) < 4.78 is 3.51. The molecule has 0 spiro atoms. The molecule has 0 amide bonds. The Kier molecular flexibility index (Phi) is 2.82. The average molecular weight is 143 g/mol. The molecule has 0 fully saturated rings. The van der Waals surface area contributed by atoms with Gasteiger partial charge in [-0.15, -0.1) is 4.78 Å². The summed E-state index contributed by atoms with van der Waals surface area (Å²) in [5, 5.41) is 0. The molecule has 0 bridgehead atoms. The van der Waals surface area contributed by atoms with Crippen molar-refractivity contribution < 1.29 is 0 Å². The summed E-state index contributed by atoms with van der Waals surface area (Å²) in [7, 11) is -0.582. The molecule has 2 radical (unpaired) electrons. The van der Waals surface area contributed by atoms with Crippen LogP contribution in [0.4, 0.5) is 0 Å². The van der Waals surface area contributed by atoms with Gasteiger partial charge in [-0.3, -0.25) is 0 Å². The van der Waals surface area contributed by atoms with E-state index in [1.165, 1.54) is 0 Å². The summed E-state index contributed by atoms with van der Waals surface area (Å²) in [6, 6.07) is 0. The summed E-state index contributed by atoms with van der Waals surface area (Å²) >= 11 is 0. The van der Waals surface area contributed by atoms with Crippen molar-refractivity contribution in [1.82, 2.24) is 0 Å². The molecular weight excluding hydrogens is 134 g/mol. The monoisotopic (exact) mass is 143 g/mol. The van der Waals surface area contributed by atoms with Crippen LogP contribution in [0.15, 0.2) is 4.78 Å². The molecule has 0 saturated heterocycles. The second-order valence-electron chi connectivity index (χ2n) is 2.55. The van der Waals surface area contributed by atoms with Crippen LogP contribution >= 0.6 is 0 Å². The molecule has 0 aliphatic carbocycles. The smallest absolute Gasteiger partial charge is 0.133 e. The Bertz CT molecular complexity index is 110. The van der Waals surface area contributed by atoms with E-state index in [1.807, 2.05) is 0 Å². The van der Waals surface area contributed by atoms with Crippen LogP contribution in [0.25, 0.3) is 10.4 Å². The highest BCUT2D eigenvalue weighted by Crippen LogP contribution is 1.96. The fraction of sp³-hybridized carbons (Fsp3) is 1.00. The molecule has 0 atom stereocenters. The first-order valence-corrected chi connectivity index (χ1v) is 7.82. The van der Waals surface area contributed by atoms with Crippen LogP contribution in [-0.2, 0) is 0 Å². The molecule has 0 N–H and O–H groups in total. The van der Waals surface area contributed by atoms with Crippen LogP contribution in [0, 0.1) is 0 Å².